The minimum Gasteiger partial charge on any atom is -0.385 e. The lowest BCUT2D eigenvalue weighted by molar-refractivity contribution is 0.608. The van der Waals surface area contributed by atoms with Gasteiger partial charge >= 0.3 is 0 Å². The van der Waals surface area contributed by atoms with Crippen LogP contribution >= 0.6 is 11.9 Å². The zero-order valence-electron chi connectivity index (χ0n) is 7.46. The second kappa shape index (κ2) is 4.90. The van der Waals surface area contributed by atoms with Gasteiger partial charge < -0.3 is 10.0 Å². The number of benzene rings is 1. The Morgan fingerprint density at radius 1 is 1.54 bits per heavy atom. The molecule has 0 amide bonds. The second-order valence-corrected chi connectivity index (χ2v) is 2.76. The molecule has 0 atom stereocenters. The van der Waals surface area contributed by atoms with Gasteiger partial charge in [-0.25, -0.2) is 0 Å². The molecule has 0 unspecified atom stereocenters. The van der Waals surface area contributed by atoms with Crippen LogP contribution in [0.3, 0.4) is 0 Å². The van der Waals surface area contributed by atoms with Gasteiger partial charge in [-0.1, -0.05) is 24.3 Å². The maximum Gasteiger partial charge on any atom is 0.151 e. The number of rotatable bonds is 3. The van der Waals surface area contributed by atoms with Crippen LogP contribution < -0.4 is 10.0 Å². The molecule has 0 aromatic heterocycles. The van der Waals surface area contributed by atoms with Crippen LogP contribution in [0.4, 0.5) is 0 Å². The summed E-state index contributed by atoms with van der Waals surface area (Å²) in [7, 11) is 0. The third kappa shape index (κ3) is 2.23. The summed E-state index contributed by atoms with van der Waals surface area (Å²) in [6.45, 7) is 2.37. The number of nitrogens with two attached hydrogens (primary N) is 1. The van der Waals surface area contributed by atoms with Crippen molar-refractivity contribution in [3.05, 3.63) is 35.4 Å². The number of halogens is 1. The Morgan fingerprint density at radius 3 is 2.85 bits per heavy atom. The van der Waals surface area contributed by atoms with E-state index >= 15 is 0 Å². The summed E-state index contributed by atoms with van der Waals surface area (Å²) in [6.07, 6.45) is 3.92. The fourth-order valence-electron chi connectivity index (χ4n) is 1.21. The van der Waals surface area contributed by atoms with E-state index in [9.17, 15) is 0 Å². The van der Waals surface area contributed by atoms with Gasteiger partial charge in [0.1, 0.15) is 11.9 Å². The number of allylic oxidation sites excluding steroid dienone is 1. The fraction of sp³-hybridized carbons (Fsp3) is 0.200. The lowest BCUT2D eigenvalue weighted by Gasteiger charge is -2.06. The first-order chi connectivity index (χ1) is 6.33. The summed E-state index contributed by atoms with van der Waals surface area (Å²) in [4.78, 5) is 0. The molecule has 0 aliphatic carbocycles. The van der Waals surface area contributed by atoms with Crippen molar-refractivity contribution in [2.24, 2.45) is 5.73 Å². The van der Waals surface area contributed by atoms with E-state index in [1.807, 2.05) is 31.2 Å². The van der Waals surface area contributed by atoms with E-state index < -0.39 is 0 Å². The maximum absolute atomic E-state index is 5.58. The molecule has 0 bridgehead atoms. The van der Waals surface area contributed by atoms with Crippen LogP contribution in [0, 0.1) is 0 Å². The quantitative estimate of drug-likeness (QED) is 0.809. The molecular formula is C10H12ClNO. The third-order valence-corrected chi connectivity index (χ3v) is 1.97. The SMILES string of the molecule is C/C=C\c1cccc(OCl)c1CN. The Hall–Kier alpha value is -0.990. The Kier molecular flexibility index (Phi) is 3.80. The van der Waals surface area contributed by atoms with Crippen molar-refractivity contribution in [2.75, 3.05) is 0 Å². The van der Waals surface area contributed by atoms with E-state index in [1.54, 1.807) is 6.07 Å². The molecule has 0 heterocycles. The molecular weight excluding hydrogens is 186 g/mol. The van der Waals surface area contributed by atoms with Crippen molar-refractivity contribution < 1.29 is 4.29 Å². The smallest absolute Gasteiger partial charge is 0.151 e. The molecule has 0 spiro atoms. The lowest BCUT2D eigenvalue weighted by atomic mass is 10.1. The second-order valence-electron chi connectivity index (χ2n) is 2.61. The van der Waals surface area contributed by atoms with Gasteiger partial charge in [0.2, 0.25) is 0 Å². The summed E-state index contributed by atoms with van der Waals surface area (Å²) < 4.78 is 4.68. The largest absolute Gasteiger partial charge is 0.385 e. The molecule has 2 N–H and O–H groups in total. The summed E-state index contributed by atoms with van der Waals surface area (Å²) >= 11 is 5.30. The molecule has 0 fully saturated rings. The van der Waals surface area contributed by atoms with Crippen molar-refractivity contribution >= 4 is 17.9 Å². The molecule has 0 saturated heterocycles. The van der Waals surface area contributed by atoms with Crippen LogP contribution in [0.1, 0.15) is 18.1 Å². The predicted molar refractivity (Wildman–Crippen MR) is 55.5 cm³/mol. The van der Waals surface area contributed by atoms with Gasteiger partial charge in [0.05, 0.1) is 0 Å². The van der Waals surface area contributed by atoms with Crippen molar-refractivity contribution in [3.8, 4) is 5.75 Å². The Labute approximate surface area is 83.1 Å². The molecule has 0 saturated carbocycles. The van der Waals surface area contributed by atoms with Gasteiger partial charge in [-0.05, 0) is 18.6 Å². The van der Waals surface area contributed by atoms with Crippen LogP contribution in [-0.2, 0) is 6.54 Å². The zero-order chi connectivity index (χ0) is 9.68. The van der Waals surface area contributed by atoms with Crippen LogP contribution in [-0.4, -0.2) is 0 Å². The van der Waals surface area contributed by atoms with Crippen LogP contribution in [0.5, 0.6) is 5.75 Å². The van der Waals surface area contributed by atoms with Crippen molar-refractivity contribution in [2.45, 2.75) is 13.5 Å². The van der Waals surface area contributed by atoms with E-state index in [0.29, 0.717) is 12.3 Å². The van der Waals surface area contributed by atoms with E-state index in [2.05, 4.69) is 4.29 Å². The fourth-order valence-corrected chi connectivity index (χ4v) is 1.35. The summed E-state index contributed by atoms with van der Waals surface area (Å²) in [5.74, 6) is 0.625. The highest BCUT2D eigenvalue weighted by molar-refractivity contribution is 6.09. The van der Waals surface area contributed by atoms with E-state index in [-0.39, 0.29) is 0 Å². The Morgan fingerprint density at radius 2 is 2.31 bits per heavy atom. The molecule has 1 aromatic carbocycles. The maximum atomic E-state index is 5.58. The highest BCUT2D eigenvalue weighted by Gasteiger charge is 2.04. The van der Waals surface area contributed by atoms with Gasteiger partial charge in [0, 0.05) is 12.1 Å². The summed E-state index contributed by atoms with van der Waals surface area (Å²) in [6, 6.07) is 5.65. The van der Waals surface area contributed by atoms with Gasteiger partial charge in [-0.2, -0.15) is 0 Å². The molecule has 0 aliphatic rings. The molecule has 1 rings (SSSR count). The molecule has 0 aliphatic heterocycles. The average Bonchev–Trinajstić information content (AvgIpc) is 2.18. The van der Waals surface area contributed by atoms with Crippen LogP contribution in [0.15, 0.2) is 24.3 Å². The van der Waals surface area contributed by atoms with Gasteiger partial charge in [0.15, 0.2) is 5.75 Å². The zero-order valence-corrected chi connectivity index (χ0v) is 8.21. The topological polar surface area (TPSA) is 35.2 Å². The van der Waals surface area contributed by atoms with Gasteiger partial charge in [0.25, 0.3) is 0 Å². The Bertz CT molecular complexity index is 310. The van der Waals surface area contributed by atoms with Gasteiger partial charge in [-0.3, -0.25) is 0 Å². The first-order valence-electron chi connectivity index (χ1n) is 4.06. The van der Waals surface area contributed by atoms with E-state index in [0.717, 1.165) is 11.1 Å². The minimum atomic E-state index is 0.419. The summed E-state index contributed by atoms with van der Waals surface area (Å²) in [5.41, 5.74) is 7.56. The number of hydrogen-bond donors (Lipinski definition) is 1. The van der Waals surface area contributed by atoms with Crippen molar-refractivity contribution in [3.63, 3.8) is 0 Å². The Balaban J connectivity index is 3.18. The molecule has 70 valence electrons. The molecule has 1 aromatic rings. The van der Waals surface area contributed by atoms with E-state index in [4.69, 9.17) is 17.6 Å². The highest BCUT2D eigenvalue weighted by Crippen LogP contribution is 2.23. The van der Waals surface area contributed by atoms with Crippen LogP contribution in [0.2, 0.25) is 0 Å². The normalized spacial score (nSPS) is 10.7. The molecule has 0 radical (unpaired) electrons. The molecule has 13 heavy (non-hydrogen) atoms. The molecule has 3 heteroatoms. The highest BCUT2D eigenvalue weighted by atomic mass is 35.5. The van der Waals surface area contributed by atoms with Crippen LogP contribution in [0.25, 0.3) is 6.08 Å². The summed E-state index contributed by atoms with van der Waals surface area (Å²) in [5, 5.41) is 0. The predicted octanol–water partition coefficient (Wildman–Crippen LogP) is 2.71. The minimum absolute atomic E-state index is 0.419. The third-order valence-electron chi connectivity index (χ3n) is 1.80. The van der Waals surface area contributed by atoms with Crippen molar-refractivity contribution in [1.29, 1.82) is 0 Å². The monoisotopic (exact) mass is 197 g/mol. The van der Waals surface area contributed by atoms with Gasteiger partial charge in [-0.15, -0.1) is 0 Å². The molecule has 2 nitrogen and oxygen atoms in total. The first-order valence-corrected chi connectivity index (χ1v) is 4.37. The van der Waals surface area contributed by atoms with E-state index in [1.165, 1.54) is 0 Å². The first kappa shape index (κ1) is 10.1. The lowest BCUT2D eigenvalue weighted by Crippen LogP contribution is -2.00. The standard InChI is InChI=1S/C10H12ClNO/c1-2-4-8-5-3-6-10(13-11)9(8)7-12/h2-6H,7,12H2,1H3/b4-2-. The average molecular weight is 198 g/mol. The van der Waals surface area contributed by atoms with Crippen molar-refractivity contribution in [1.82, 2.24) is 0 Å². The number of hydrogen-bond acceptors (Lipinski definition) is 2.